The smallest absolute Gasteiger partial charge is 0.307 e. The van der Waals surface area contributed by atoms with Crippen LogP contribution < -0.4 is 4.74 Å². The van der Waals surface area contributed by atoms with Crippen molar-refractivity contribution in [2.75, 3.05) is 7.11 Å². The van der Waals surface area contributed by atoms with E-state index in [0.29, 0.717) is 12.2 Å². The van der Waals surface area contributed by atoms with Gasteiger partial charge in [-0.2, -0.15) is 0 Å². The van der Waals surface area contributed by atoms with Crippen molar-refractivity contribution in [3.05, 3.63) is 88.2 Å². The molecule has 1 spiro atoms. The van der Waals surface area contributed by atoms with Crippen molar-refractivity contribution >= 4 is 5.97 Å². The van der Waals surface area contributed by atoms with E-state index >= 15 is 0 Å². The van der Waals surface area contributed by atoms with E-state index in [1.54, 1.807) is 13.2 Å². The van der Waals surface area contributed by atoms with Crippen LogP contribution in [0, 0.1) is 24.1 Å². The minimum atomic E-state index is -0.695. The maximum atomic E-state index is 15.0. The molecule has 200 valence electrons. The van der Waals surface area contributed by atoms with Crippen LogP contribution in [0.3, 0.4) is 0 Å². The number of hydrogen-bond acceptors (Lipinski definition) is 3. The second kappa shape index (κ2) is 9.85. The van der Waals surface area contributed by atoms with Gasteiger partial charge in [0.1, 0.15) is 18.2 Å². The molecule has 0 bridgehead atoms. The topological polar surface area (TPSA) is 55.8 Å². The number of benzene rings is 3. The number of rotatable bonds is 7. The van der Waals surface area contributed by atoms with E-state index < -0.39 is 5.97 Å². The van der Waals surface area contributed by atoms with E-state index in [1.807, 2.05) is 31.2 Å². The molecule has 3 aromatic rings. The predicted octanol–water partition coefficient (Wildman–Crippen LogP) is 7.79. The van der Waals surface area contributed by atoms with E-state index in [-0.39, 0.29) is 28.7 Å². The number of carbonyl (C=O) groups is 1. The lowest BCUT2D eigenvalue weighted by Crippen LogP contribution is -2.46. The third kappa shape index (κ3) is 4.62. The zero-order valence-electron chi connectivity index (χ0n) is 22.9. The summed E-state index contributed by atoms with van der Waals surface area (Å²) in [5.41, 5.74) is 6.21. The Hall–Kier alpha value is -3.18. The van der Waals surface area contributed by atoms with Gasteiger partial charge in [0.2, 0.25) is 0 Å². The average Bonchev–Trinajstić information content (AvgIpc) is 3.24. The van der Waals surface area contributed by atoms with E-state index in [1.165, 1.54) is 11.6 Å². The molecule has 0 aliphatic heterocycles. The van der Waals surface area contributed by atoms with Gasteiger partial charge in [-0.15, -0.1) is 0 Å². The molecule has 38 heavy (non-hydrogen) atoms. The number of carboxylic acids is 1. The number of ether oxygens (including phenoxy) is 2. The minimum absolute atomic E-state index is 0.207. The van der Waals surface area contributed by atoms with Crippen molar-refractivity contribution in [2.24, 2.45) is 11.3 Å². The molecule has 3 aromatic carbocycles. The first kappa shape index (κ1) is 26.4. The van der Waals surface area contributed by atoms with Gasteiger partial charge in [-0.05, 0) is 96.2 Å². The Morgan fingerprint density at radius 2 is 1.87 bits per heavy atom. The Bertz CT molecular complexity index is 1370. The van der Waals surface area contributed by atoms with Crippen LogP contribution in [-0.4, -0.2) is 18.2 Å². The van der Waals surface area contributed by atoms with Gasteiger partial charge in [-0.1, -0.05) is 50.6 Å². The third-order valence-corrected chi connectivity index (χ3v) is 8.54. The molecule has 0 unspecified atom stereocenters. The van der Waals surface area contributed by atoms with Crippen LogP contribution in [-0.2, 0) is 28.0 Å². The highest BCUT2D eigenvalue weighted by atomic mass is 19.1. The summed E-state index contributed by atoms with van der Waals surface area (Å²) in [4.78, 5) is 11.8. The summed E-state index contributed by atoms with van der Waals surface area (Å²) < 4.78 is 27.2. The lowest BCUT2D eigenvalue weighted by Gasteiger charge is -2.45. The first-order chi connectivity index (χ1) is 18.0. The molecule has 3 atom stereocenters. The Morgan fingerprint density at radius 1 is 1.08 bits per heavy atom. The Balaban J connectivity index is 1.45. The highest BCUT2D eigenvalue weighted by Crippen LogP contribution is 2.57. The number of methoxy groups -OCH3 is 1. The van der Waals surface area contributed by atoms with Gasteiger partial charge in [-0.25, -0.2) is 4.39 Å². The fourth-order valence-electron chi connectivity index (χ4n) is 6.56. The minimum Gasteiger partial charge on any atom is -0.489 e. The number of halogens is 1. The van der Waals surface area contributed by atoms with Crippen molar-refractivity contribution in [1.82, 2.24) is 0 Å². The highest BCUT2D eigenvalue weighted by molar-refractivity contribution is 5.75. The second-order valence-electron chi connectivity index (χ2n) is 12.1. The van der Waals surface area contributed by atoms with E-state index in [9.17, 15) is 14.3 Å². The van der Waals surface area contributed by atoms with E-state index in [4.69, 9.17) is 9.47 Å². The van der Waals surface area contributed by atoms with E-state index in [2.05, 4.69) is 39.0 Å². The van der Waals surface area contributed by atoms with Crippen molar-refractivity contribution < 1.29 is 23.8 Å². The SMILES string of the molecule is CO[C@H](c1cc(COc2ccc3c(c2)[C@]2(CC3)CC[C@H]2C(=O)O)ccc1-c1cc(C)ccc1F)C(C)(C)C. The molecule has 1 saturated carbocycles. The van der Waals surface area contributed by atoms with Crippen molar-refractivity contribution in [1.29, 1.82) is 0 Å². The maximum Gasteiger partial charge on any atom is 0.307 e. The second-order valence-corrected chi connectivity index (χ2v) is 12.1. The van der Waals surface area contributed by atoms with Crippen LogP contribution in [0.2, 0.25) is 0 Å². The van der Waals surface area contributed by atoms with Crippen molar-refractivity contribution in [3.8, 4) is 16.9 Å². The molecule has 2 aliphatic rings. The number of aryl methyl sites for hydroxylation is 2. The molecule has 0 heterocycles. The third-order valence-electron chi connectivity index (χ3n) is 8.54. The van der Waals surface area contributed by atoms with Crippen LogP contribution in [0.15, 0.2) is 54.6 Å². The summed E-state index contributed by atoms with van der Waals surface area (Å²) >= 11 is 0. The van der Waals surface area contributed by atoms with Crippen LogP contribution in [0.4, 0.5) is 4.39 Å². The monoisotopic (exact) mass is 516 g/mol. The highest BCUT2D eigenvalue weighted by Gasteiger charge is 2.54. The summed E-state index contributed by atoms with van der Waals surface area (Å²) in [6.07, 6.45) is 3.24. The number of carboxylic acid groups (broad SMARTS) is 1. The van der Waals surface area contributed by atoms with Gasteiger partial charge in [0, 0.05) is 18.1 Å². The summed E-state index contributed by atoms with van der Waals surface area (Å²) in [6, 6.07) is 17.3. The van der Waals surface area contributed by atoms with Crippen LogP contribution in [0.1, 0.15) is 74.0 Å². The summed E-state index contributed by atoms with van der Waals surface area (Å²) in [6.45, 7) is 8.66. The zero-order chi connectivity index (χ0) is 27.2. The van der Waals surface area contributed by atoms with Gasteiger partial charge in [0.05, 0.1) is 12.0 Å². The van der Waals surface area contributed by atoms with Gasteiger partial charge in [0.15, 0.2) is 0 Å². The van der Waals surface area contributed by atoms with Gasteiger partial charge >= 0.3 is 5.97 Å². The average molecular weight is 517 g/mol. The predicted molar refractivity (Wildman–Crippen MR) is 147 cm³/mol. The molecule has 2 aliphatic carbocycles. The lowest BCUT2D eigenvalue weighted by atomic mass is 9.57. The van der Waals surface area contributed by atoms with E-state index in [0.717, 1.165) is 59.3 Å². The zero-order valence-corrected chi connectivity index (χ0v) is 22.9. The summed E-state index contributed by atoms with van der Waals surface area (Å²) in [5.74, 6) is -0.512. The first-order valence-corrected chi connectivity index (χ1v) is 13.4. The molecule has 0 amide bonds. The Labute approximate surface area is 224 Å². The quantitative estimate of drug-likeness (QED) is 0.348. The molecule has 5 heteroatoms. The van der Waals surface area contributed by atoms with Crippen molar-refractivity contribution in [2.45, 2.75) is 71.5 Å². The Morgan fingerprint density at radius 3 is 2.53 bits per heavy atom. The molecule has 1 fully saturated rings. The number of aliphatic carboxylic acids is 1. The summed E-state index contributed by atoms with van der Waals surface area (Å²) in [5, 5.41) is 9.73. The molecule has 0 aromatic heterocycles. The van der Waals surface area contributed by atoms with Crippen LogP contribution in [0.5, 0.6) is 5.75 Å². The number of fused-ring (bicyclic) bond motifs is 2. The standard InChI is InChI=1S/C33H37FO4/c1-20-6-11-29(34)25(16-20)24-10-7-21(17-26(24)30(37-5)32(2,3)4)19-38-23-9-8-22-12-14-33(28(22)18-23)15-13-27(33)31(35)36/h6-11,16-18,27,30H,12-15,19H2,1-5H3,(H,35,36)/t27-,30+,33+/m0/s1. The normalized spacial score (nSPS) is 21.2. The van der Waals surface area contributed by atoms with Gasteiger partial charge in [0.25, 0.3) is 0 Å². The first-order valence-electron chi connectivity index (χ1n) is 13.4. The maximum absolute atomic E-state index is 15.0. The Kier molecular flexibility index (Phi) is 6.85. The molecular formula is C33H37FO4. The summed E-state index contributed by atoms with van der Waals surface area (Å²) in [7, 11) is 1.70. The fourth-order valence-corrected chi connectivity index (χ4v) is 6.56. The molecule has 5 rings (SSSR count). The fraction of sp³-hybridized carbons (Fsp3) is 0.424. The van der Waals surface area contributed by atoms with Gasteiger partial charge < -0.3 is 14.6 Å². The van der Waals surface area contributed by atoms with Crippen molar-refractivity contribution in [3.63, 3.8) is 0 Å². The molecule has 0 saturated heterocycles. The van der Waals surface area contributed by atoms with Crippen LogP contribution >= 0.6 is 0 Å². The molecule has 1 N–H and O–H groups in total. The lowest BCUT2D eigenvalue weighted by molar-refractivity contribution is -0.149. The molecular weight excluding hydrogens is 479 g/mol. The van der Waals surface area contributed by atoms with Crippen LogP contribution in [0.25, 0.3) is 11.1 Å². The molecule has 4 nitrogen and oxygen atoms in total. The van der Waals surface area contributed by atoms with Gasteiger partial charge in [-0.3, -0.25) is 4.79 Å². The molecule has 0 radical (unpaired) electrons. The number of hydrogen-bond donors (Lipinski definition) is 1. The largest absolute Gasteiger partial charge is 0.489 e.